The highest BCUT2D eigenvalue weighted by molar-refractivity contribution is 5.83. The van der Waals surface area contributed by atoms with Gasteiger partial charge in [-0.3, -0.25) is 4.79 Å². The molecule has 0 saturated carbocycles. The lowest BCUT2D eigenvalue weighted by molar-refractivity contribution is -0.136. The minimum Gasteiger partial charge on any atom is -0.384 e. The fraction of sp³-hybridized carbons (Fsp3) is 0.750. The van der Waals surface area contributed by atoms with E-state index >= 15 is 0 Å². The number of piperidine rings is 1. The van der Waals surface area contributed by atoms with Crippen molar-refractivity contribution >= 4 is 5.91 Å². The van der Waals surface area contributed by atoms with Crippen LogP contribution < -0.4 is 10.6 Å². The molecule has 0 unspecified atom stereocenters. The average Bonchev–Trinajstić information content (AvgIpc) is 2.93. The first-order chi connectivity index (χ1) is 9.27. The summed E-state index contributed by atoms with van der Waals surface area (Å²) >= 11 is 0. The third-order valence-corrected chi connectivity index (χ3v) is 3.49. The molecular weight excluding hydrogens is 248 g/mol. The van der Waals surface area contributed by atoms with Gasteiger partial charge in [0.05, 0.1) is 12.0 Å². The topological polar surface area (TPSA) is 89.3 Å². The second-order valence-corrected chi connectivity index (χ2v) is 4.80. The molecule has 1 aromatic rings. The number of ether oxygens (including phenoxy) is 1. The normalized spacial score (nSPS) is 18.2. The van der Waals surface area contributed by atoms with Crippen LogP contribution >= 0.6 is 0 Å². The van der Waals surface area contributed by atoms with Gasteiger partial charge >= 0.3 is 0 Å². The Morgan fingerprint density at radius 3 is 3.00 bits per heavy atom. The van der Waals surface area contributed by atoms with Crippen LogP contribution in [-0.2, 0) is 16.0 Å². The van der Waals surface area contributed by atoms with Crippen molar-refractivity contribution in [2.24, 2.45) is 5.41 Å². The quantitative estimate of drug-likeness (QED) is 0.739. The Morgan fingerprint density at radius 2 is 2.37 bits per heavy atom. The Bertz CT molecular complexity index is 382. The molecule has 2 N–H and O–H groups in total. The van der Waals surface area contributed by atoms with E-state index in [-0.39, 0.29) is 5.91 Å². The number of rotatable bonds is 6. The molecule has 1 saturated heterocycles. The van der Waals surface area contributed by atoms with Crippen LogP contribution in [0.2, 0.25) is 0 Å². The second kappa shape index (κ2) is 6.63. The number of hydrogen-bond donors (Lipinski definition) is 2. The molecule has 7 heteroatoms. The molecule has 106 valence electrons. The maximum Gasteiger partial charge on any atom is 0.228 e. The lowest BCUT2D eigenvalue weighted by Gasteiger charge is -2.35. The van der Waals surface area contributed by atoms with Gasteiger partial charge in [-0.2, -0.15) is 4.98 Å². The zero-order valence-electron chi connectivity index (χ0n) is 11.1. The van der Waals surface area contributed by atoms with Crippen LogP contribution in [0, 0.1) is 5.41 Å². The van der Waals surface area contributed by atoms with E-state index in [9.17, 15) is 4.79 Å². The first kappa shape index (κ1) is 14.0. The fourth-order valence-corrected chi connectivity index (χ4v) is 2.40. The standard InChI is InChI=1S/C12H20N4O3/c1-18-8-12(3-6-13-7-4-12)11(17)14-5-2-10-15-9-16-19-10/h9,13H,2-8H2,1H3,(H,14,17). The Hall–Kier alpha value is -1.47. The lowest BCUT2D eigenvalue weighted by atomic mass is 9.78. The summed E-state index contributed by atoms with van der Waals surface area (Å²) in [6.45, 7) is 2.65. The Kier molecular flexibility index (Phi) is 4.86. The van der Waals surface area contributed by atoms with Crippen molar-refractivity contribution in [1.82, 2.24) is 20.8 Å². The summed E-state index contributed by atoms with van der Waals surface area (Å²) < 4.78 is 10.1. The van der Waals surface area contributed by atoms with Gasteiger partial charge in [-0.15, -0.1) is 0 Å². The SMILES string of the molecule is COCC1(C(=O)NCCc2ncno2)CCNCC1. The predicted octanol–water partition coefficient (Wildman–Crippen LogP) is -0.255. The molecule has 7 nitrogen and oxygen atoms in total. The van der Waals surface area contributed by atoms with Crippen LogP contribution in [-0.4, -0.2) is 49.4 Å². The molecule has 0 radical (unpaired) electrons. The van der Waals surface area contributed by atoms with Gasteiger partial charge < -0.3 is 19.9 Å². The van der Waals surface area contributed by atoms with E-state index in [1.807, 2.05) is 0 Å². The minimum atomic E-state index is -0.408. The van der Waals surface area contributed by atoms with Gasteiger partial charge in [-0.1, -0.05) is 5.16 Å². The van der Waals surface area contributed by atoms with Gasteiger partial charge in [0.25, 0.3) is 0 Å². The van der Waals surface area contributed by atoms with Crippen molar-refractivity contribution < 1.29 is 14.1 Å². The molecule has 1 aliphatic rings. The summed E-state index contributed by atoms with van der Waals surface area (Å²) in [4.78, 5) is 16.3. The van der Waals surface area contributed by atoms with Crippen LogP contribution in [0.5, 0.6) is 0 Å². The van der Waals surface area contributed by atoms with Gasteiger partial charge in [0.2, 0.25) is 11.8 Å². The molecule has 0 aromatic carbocycles. The minimum absolute atomic E-state index is 0.0513. The Morgan fingerprint density at radius 1 is 1.58 bits per heavy atom. The van der Waals surface area contributed by atoms with Gasteiger partial charge in [0.1, 0.15) is 0 Å². The van der Waals surface area contributed by atoms with E-state index in [1.54, 1.807) is 7.11 Å². The number of amides is 1. The Labute approximate surface area is 112 Å². The third kappa shape index (κ3) is 3.51. The molecule has 0 atom stereocenters. The van der Waals surface area contributed by atoms with E-state index in [0.29, 0.717) is 25.5 Å². The van der Waals surface area contributed by atoms with Crippen molar-refractivity contribution in [3.63, 3.8) is 0 Å². The zero-order chi connectivity index (χ0) is 13.6. The molecule has 19 heavy (non-hydrogen) atoms. The summed E-state index contributed by atoms with van der Waals surface area (Å²) in [6.07, 6.45) is 3.50. The smallest absolute Gasteiger partial charge is 0.228 e. The number of aromatic nitrogens is 2. The van der Waals surface area contributed by atoms with E-state index in [0.717, 1.165) is 25.9 Å². The molecule has 1 aromatic heterocycles. The van der Waals surface area contributed by atoms with Gasteiger partial charge in [-0.05, 0) is 25.9 Å². The molecule has 1 amide bonds. The number of hydrogen-bond acceptors (Lipinski definition) is 6. The molecular formula is C12H20N4O3. The fourth-order valence-electron chi connectivity index (χ4n) is 2.40. The highest BCUT2D eigenvalue weighted by atomic mass is 16.5. The highest BCUT2D eigenvalue weighted by Crippen LogP contribution is 2.29. The number of nitrogens with zero attached hydrogens (tertiary/aromatic N) is 2. The molecule has 1 aliphatic heterocycles. The summed E-state index contributed by atoms with van der Waals surface area (Å²) in [5, 5.41) is 9.73. The number of nitrogens with one attached hydrogen (secondary N) is 2. The average molecular weight is 268 g/mol. The first-order valence-electron chi connectivity index (χ1n) is 6.50. The molecule has 0 bridgehead atoms. The van der Waals surface area contributed by atoms with Gasteiger partial charge in [0, 0.05) is 20.1 Å². The zero-order valence-corrected chi connectivity index (χ0v) is 11.1. The lowest BCUT2D eigenvalue weighted by Crippen LogP contribution is -2.50. The second-order valence-electron chi connectivity index (χ2n) is 4.80. The van der Waals surface area contributed by atoms with E-state index in [2.05, 4.69) is 20.8 Å². The molecule has 2 rings (SSSR count). The van der Waals surface area contributed by atoms with Crippen molar-refractivity contribution in [3.8, 4) is 0 Å². The maximum atomic E-state index is 12.4. The molecule has 2 heterocycles. The van der Waals surface area contributed by atoms with Crippen LogP contribution in [0.15, 0.2) is 10.9 Å². The van der Waals surface area contributed by atoms with E-state index in [4.69, 9.17) is 9.26 Å². The largest absolute Gasteiger partial charge is 0.384 e. The molecule has 0 aliphatic carbocycles. The first-order valence-corrected chi connectivity index (χ1v) is 6.50. The van der Waals surface area contributed by atoms with Crippen molar-refractivity contribution in [2.45, 2.75) is 19.3 Å². The third-order valence-electron chi connectivity index (χ3n) is 3.49. The molecule has 0 spiro atoms. The summed E-state index contributed by atoms with van der Waals surface area (Å²) in [5.74, 6) is 0.585. The van der Waals surface area contributed by atoms with Gasteiger partial charge in [0.15, 0.2) is 6.33 Å². The van der Waals surface area contributed by atoms with E-state index < -0.39 is 5.41 Å². The van der Waals surface area contributed by atoms with Crippen LogP contribution in [0.25, 0.3) is 0 Å². The number of methoxy groups -OCH3 is 1. The highest BCUT2D eigenvalue weighted by Gasteiger charge is 2.39. The van der Waals surface area contributed by atoms with E-state index in [1.165, 1.54) is 6.33 Å². The number of carbonyl (C=O) groups excluding carboxylic acids is 1. The van der Waals surface area contributed by atoms with Crippen molar-refractivity contribution in [2.75, 3.05) is 33.4 Å². The van der Waals surface area contributed by atoms with Gasteiger partial charge in [-0.25, -0.2) is 0 Å². The monoisotopic (exact) mass is 268 g/mol. The summed E-state index contributed by atoms with van der Waals surface area (Å²) in [7, 11) is 1.63. The Balaban J connectivity index is 1.85. The molecule has 1 fully saturated rings. The summed E-state index contributed by atoms with van der Waals surface area (Å²) in [5.41, 5.74) is -0.408. The predicted molar refractivity (Wildman–Crippen MR) is 67.4 cm³/mol. The maximum absolute atomic E-state index is 12.4. The van der Waals surface area contributed by atoms with Crippen LogP contribution in [0.3, 0.4) is 0 Å². The van der Waals surface area contributed by atoms with Crippen LogP contribution in [0.4, 0.5) is 0 Å². The van der Waals surface area contributed by atoms with Crippen molar-refractivity contribution in [3.05, 3.63) is 12.2 Å². The number of carbonyl (C=O) groups is 1. The van der Waals surface area contributed by atoms with Crippen LogP contribution in [0.1, 0.15) is 18.7 Å². The van der Waals surface area contributed by atoms with Crippen molar-refractivity contribution in [1.29, 1.82) is 0 Å². The summed E-state index contributed by atoms with van der Waals surface area (Å²) in [6, 6.07) is 0.